The van der Waals surface area contributed by atoms with Crippen molar-refractivity contribution in [1.29, 1.82) is 0 Å². The van der Waals surface area contributed by atoms with Gasteiger partial charge in [-0.1, -0.05) is 13.5 Å². The van der Waals surface area contributed by atoms with Crippen molar-refractivity contribution < 1.29 is 19.4 Å². The van der Waals surface area contributed by atoms with Crippen LogP contribution >= 0.6 is 0 Å². The third kappa shape index (κ3) is 5.79. The summed E-state index contributed by atoms with van der Waals surface area (Å²) in [4.78, 5) is 21.5. The van der Waals surface area contributed by atoms with E-state index in [-0.39, 0.29) is 13.2 Å². The first kappa shape index (κ1) is 14.2. The monoisotopic (exact) mass is 228 g/mol. The van der Waals surface area contributed by atoms with E-state index in [0.717, 1.165) is 11.1 Å². The number of carboxylic acid groups (broad SMARTS) is 1. The summed E-state index contributed by atoms with van der Waals surface area (Å²) in [5, 5.41) is 13.5. The van der Waals surface area contributed by atoms with Gasteiger partial charge in [0.15, 0.2) is 0 Å². The second kappa shape index (κ2) is 7.44. The molecule has 0 radical (unpaired) electrons. The Morgan fingerprint density at radius 3 is 2.62 bits per heavy atom. The second-order valence-electron chi connectivity index (χ2n) is 2.97. The topological polar surface area (TPSA) is 79.2 Å². The van der Waals surface area contributed by atoms with Crippen LogP contribution in [0.5, 0.6) is 0 Å². The summed E-state index contributed by atoms with van der Waals surface area (Å²) < 4.78 is 4.66. The Bertz CT molecular complexity index is 299. The van der Waals surface area contributed by atoms with Crippen LogP contribution in [0.4, 0.5) is 4.79 Å². The number of ether oxygens (including phenoxy) is 1. The molecule has 0 heterocycles. The van der Waals surface area contributed by atoms with Crippen molar-refractivity contribution in [3.05, 3.63) is 12.7 Å². The molecule has 0 fully saturated rings. The van der Waals surface area contributed by atoms with E-state index in [1.54, 1.807) is 6.92 Å². The summed E-state index contributed by atoms with van der Waals surface area (Å²) in [6.45, 7) is 6.78. The lowest BCUT2D eigenvalue weighted by molar-refractivity contribution is -0.138. The SMILES string of the molecule is C=CC(=O)OCCN(N=C(C)CC)C(=O)O. The molecule has 0 unspecified atom stereocenters. The summed E-state index contributed by atoms with van der Waals surface area (Å²) in [6, 6.07) is 0. The van der Waals surface area contributed by atoms with Crippen LogP contribution in [-0.2, 0) is 9.53 Å². The zero-order valence-corrected chi connectivity index (χ0v) is 9.47. The minimum atomic E-state index is -1.18. The maximum absolute atomic E-state index is 10.8. The molecular weight excluding hydrogens is 212 g/mol. The summed E-state index contributed by atoms with van der Waals surface area (Å²) >= 11 is 0. The molecule has 0 bridgehead atoms. The summed E-state index contributed by atoms with van der Waals surface area (Å²) in [5.74, 6) is -0.582. The zero-order valence-electron chi connectivity index (χ0n) is 9.47. The van der Waals surface area contributed by atoms with Crippen LogP contribution in [-0.4, -0.2) is 41.0 Å². The first-order valence-corrected chi connectivity index (χ1v) is 4.85. The molecule has 16 heavy (non-hydrogen) atoms. The molecule has 6 nitrogen and oxygen atoms in total. The highest BCUT2D eigenvalue weighted by atomic mass is 16.5. The van der Waals surface area contributed by atoms with E-state index in [0.29, 0.717) is 12.1 Å². The average molecular weight is 228 g/mol. The molecule has 0 spiro atoms. The van der Waals surface area contributed by atoms with Crippen LogP contribution in [0.1, 0.15) is 20.3 Å². The second-order valence-corrected chi connectivity index (χ2v) is 2.97. The maximum Gasteiger partial charge on any atom is 0.428 e. The third-order valence-corrected chi connectivity index (χ3v) is 1.74. The molecule has 0 aromatic rings. The van der Waals surface area contributed by atoms with Gasteiger partial charge < -0.3 is 9.84 Å². The standard InChI is InChI=1S/C10H16N2O4/c1-4-8(3)11-12(10(14)15)6-7-16-9(13)5-2/h5H,2,4,6-7H2,1,3H3,(H,14,15). The third-order valence-electron chi connectivity index (χ3n) is 1.74. The van der Waals surface area contributed by atoms with E-state index >= 15 is 0 Å². The largest absolute Gasteiger partial charge is 0.464 e. The molecule has 0 saturated heterocycles. The van der Waals surface area contributed by atoms with E-state index in [1.807, 2.05) is 6.92 Å². The highest BCUT2D eigenvalue weighted by Gasteiger charge is 2.10. The van der Waals surface area contributed by atoms with Crippen molar-refractivity contribution in [2.45, 2.75) is 20.3 Å². The number of carbonyl (C=O) groups excluding carboxylic acids is 1. The average Bonchev–Trinajstić information content (AvgIpc) is 2.26. The van der Waals surface area contributed by atoms with Gasteiger partial charge in [0, 0.05) is 11.8 Å². The summed E-state index contributed by atoms with van der Waals surface area (Å²) in [6.07, 6.45) is 0.504. The summed E-state index contributed by atoms with van der Waals surface area (Å²) in [7, 11) is 0. The number of hydrogen-bond acceptors (Lipinski definition) is 4. The molecule has 0 saturated carbocycles. The first-order chi connectivity index (χ1) is 7.51. The molecule has 90 valence electrons. The number of amides is 1. The molecule has 0 aliphatic rings. The Kier molecular flexibility index (Phi) is 6.58. The Balaban J connectivity index is 4.20. The highest BCUT2D eigenvalue weighted by Crippen LogP contribution is 1.95. The van der Waals surface area contributed by atoms with Crippen LogP contribution in [0.15, 0.2) is 17.8 Å². The maximum atomic E-state index is 10.8. The van der Waals surface area contributed by atoms with Crippen molar-refractivity contribution in [3.8, 4) is 0 Å². The van der Waals surface area contributed by atoms with E-state index in [4.69, 9.17) is 5.11 Å². The minimum absolute atomic E-state index is 0.00620. The number of carbonyl (C=O) groups is 2. The first-order valence-electron chi connectivity index (χ1n) is 4.85. The van der Waals surface area contributed by atoms with Gasteiger partial charge in [0.25, 0.3) is 0 Å². The molecule has 0 atom stereocenters. The van der Waals surface area contributed by atoms with Gasteiger partial charge in [0.1, 0.15) is 6.61 Å². The van der Waals surface area contributed by atoms with Gasteiger partial charge in [-0.15, -0.1) is 0 Å². The van der Waals surface area contributed by atoms with Gasteiger partial charge in [0.2, 0.25) is 0 Å². The van der Waals surface area contributed by atoms with Gasteiger partial charge in [0.05, 0.1) is 6.54 Å². The Morgan fingerprint density at radius 1 is 1.56 bits per heavy atom. The van der Waals surface area contributed by atoms with Gasteiger partial charge in [-0.3, -0.25) is 0 Å². The van der Waals surface area contributed by atoms with Gasteiger partial charge in [-0.25, -0.2) is 9.59 Å². The molecule has 0 aromatic carbocycles. The number of nitrogens with zero attached hydrogens (tertiary/aromatic N) is 2. The Hall–Kier alpha value is -1.85. The Labute approximate surface area is 94.2 Å². The highest BCUT2D eigenvalue weighted by molar-refractivity contribution is 5.82. The number of esters is 1. The van der Waals surface area contributed by atoms with Crippen molar-refractivity contribution in [2.75, 3.05) is 13.2 Å². The van der Waals surface area contributed by atoms with Gasteiger partial charge in [-0.05, 0) is 13.3 Å². The van der Waals surface area contributed by atoms with Crippen molar-refractivity contribution in [1.82, 2.24) is 5.01 Å². The minimum Gasteiger partial charge on any atom is -0.464 e. The van der Waals surface area contributed by atoms with Crippen molar-refractivity contribution in [3.63, 3.8) is 0 Å². The van der Waals surface area contributed by atoms with E-state index in [2.05, 4.69) is 16.4 Å². The lowest BCUT2D eigenvalue weighted by atomic mass is 10.3. The molecule has 1 amide bonds. The smallest absolute Gasteiger partial charge is 0.428 e. The molecule has 0 aliphatic heterocycles. The molecule has 0 aromatic heterocycles. The lowest BCUT2D eigenvalue weighted by Gasteiger charge is -2.13. The molecule has 6 heteroatoms. The van der Waals surface area contributed by atoms with Crippen LogP contribution in [0.3, 0.4) is 0 Å². The Morgan fingerprint density at radius 2 is 2.19 bits per heavy atom. The molecule has 1 N–H and O–H groups in total. The van der Waals surface area contributed by atoms with E-state index in [1.165, 1.54) is 0 Å². The molecule has 0 aliphatic carbocycles. The van der Waals surface area contributed by atoms with Gasteiger partial charge >= 0.3 is 12.1 Å². The summed E-state index contributed by atoms with van der Waals surface area (Å²) in [5.41, 5.74) is 0.692. The number of hydrazone groups is 1. The number of hydrogen-bond donors (Lipinski definition) is 1. The quantitative estimate of drug-likeness (QED) is 0.323. The van der Waals surface area contributed by atoms with Crippen molar-refractivity contribution >= 4 is 17.8 Å². The van der Waals surface area contributed by atoms with Crippen LogP contribution < -0.4 is 0 Å². The van der Waals surface area contributed by atoms with Crippen molar-refractivity contribution in [2.24, 2.45) is 5.10 Å². The fraction of sp³-hybridized carbons (Fsp3) is 0.500. The molecule has 0 rings (SSSR count). The lowest BCUT2D eigenvalue weighted by Crippen LogP contribution is -2.29. The van der Waals surface area contributed by atoms with Gasteiger partial charge in [-0.2, -0.15) is 10.1 Å². The number of rotatable bonds is 6. The van der Waals surface area contributed by atoms with Crippen LogP contribution in [0.25, 0.3) is 0 Å². The molecular formula is C10H16N2O4. The fourth-order valence-electron chi connectivity index (χ4n) is 0.757. The fourth-order valence-corrected chi connectivity index (χ4v) is 0.757. The van der Waals surface area contributed by atoms with E-state index in [9.17, 15) is 9.59 Å². The van der Waals surface area contributed by atoms with E-state index < -0.39 is 12.1 Å². The zero-order chi connectivity index (χ0) is 12.6. The van der Waals surface area contributed by atoms with Crippen LogP contribution in [0.2, 0.25) is 0 Å². The predicted octanol–water partition coefficient (Wildman–Crippen LogP) is 1.48. The normalized spacial score (nSPS) is 10.8. The predicted molar refractivity (Wildman–Crippen MR) is 59.3 cm³/mol. The van der Waals surface area contributed by atoms with Crippen LogP contribution in [0, 0.1) is 0 Å².